The first-order valence-electron chi connectivity index (χ1n) is 6.72. The highest BCUT2D eigenvalue weighted by Gasteiger charge is 2.11. The molecule has 0 aliphatic carbocycles. The van der Waals surface area contributed by atoms with Gasteiger partial charge in [-0.2, -0.15) is 0 Å². The molecule has 2 nitrogen and oxygen atoms in total. The fourth-order valence-corrected chi connectivity index (χ4v) is 2.10. The van der Waals surface area contributed by atoms with Crippen LogP contribution in [0.2, 0.25) is 0 Å². The third-order valence-corrected chi connectivity index (χ3v) is 3.25. The number of hydrogen-bond acceptors (Lipinski definition) is 2. The number of hydrogen-bond donors (Lipinski definition) is 2. The van der Waals surface area contributed by atoms with Crippen molar-refractivity contribution in [3.63, 3.8) is 0 Å². The van der Waals surface area contributed by atoms with Gasteiger partial charge in [0.15, 0.2) is 0 Å². The lowest BCUT2D eigenvalue weighted by Gasteiger charge is -2.22. The molecule has 0 radical (unpaired) electrons. The van der Waals surface area contributed by atoms with Crippen LogP contribution in [0.25, 0.3) is 0 Å². The molecule has 17 heavy (non-hydrogen) atoms. The van der Waals surface area contributed by atoms with Gasteiger partial charge in [0, 0.05) is 12.1 Å². The summed E-state index contributed by atoms with van der Waals surface area (Å²) in [5.41, 5.74) is 1.15. The van der Waals surface area contributed by atoms with E-state index in [0.29, 0.717) is 17.8 Å². The molecular formula is C15H25NO. The molecule has 0 aromatic heterocycles. The second kappa shape index (κ2) is 7.33. The van der Waals surface area contributed by atoms with E-state index < -0.39 is 0 Å². The van der Waals surface area contributed by atoms with E-state index in [9.17, 15) is 5.11 Å². The fourth-order valence-electron chi connectivity index (χ4n) is 2.10. The zero-order valence-corrected chi connectivity index (χ0v) is 11.2. The molecule has 2 unspecified atom stereocenters. The minimum atomic E-state index is 0.295. The Morgan fingerprint density at radius 2 is 2.06 bits per heavy atom. The van der Waals surface area contributed by atoms with Crippen molar-refractivity contribution < 1.29 is 5.11 Å². The average molecular weight is 235 g/mol. The van der Waals surface area contributed by atoms with Gasteiger partial charge in [-0.1, -0.05) is 38.8 Å². The number of nitrogens with one attached hydrogen (secondary N) is 1. The van der Waals surface area contributed by atoms with Crippen LogP contribution in [-0.4, -0.2) is 11.1 Å². The van der Waals surface area contributed by atoms with Gasteiger partial charge < -0.3 is 10.4 Å². The standard InChI is InChI=1S/C15H25NO/c1-4-6-9-14(5-2)16-12(3)13-8-7-10-15(17)11-13/h7-8,10-12,14,16-17H,4-6,9H2,1-3H3. The maximum absolute atomic E-state index is 9.47. The lowest BCUT2D eigenvalue weighted by Crippen LogP contribution is -2.30. The van der Waals surface area contributed by atoms with Crippen LogP contribution in [0, 0.1) is 0 Å². The molecule has 2 atom stereocenters. The van der Waals surface area contributed by atoms with Crippen LogP contribution >= 0.6 is 0 Å². The molecule has 2 heteroatoms. The number of unbranched alkanes of at least 4 members (excludes halogenated alkanes) is 1. The van der Waals surface area contributed by atoms with E-state index >= 15 is 0 Å². The fraction of sp³-hybridized carbons (Fsp3) is 0.600. The number of aromatic hydroxyl groups is 1. The molecule has 1 aromatic carbocycles. The predicted molar refractivity (Wildman–Crippen MR) is 73.3 cm³/mol. The second-order valence-corrected chi connectivity index (χ2v) is 4.73. The van der Waals surface area contributed by atoms with Gasteiger partial charge >= 0.3 is 0 Å². The number of benzene rings is 1. The molecule has 0 saturated heterocycles. The Hall–Kier alpha value is -1.02. The summed E-state index contributed by atoms with van der Waals surface area (Å²) in [6, 6.07) is 8.38. The summed E-state index contributed by atoms with van der Waals surface area (Å²) in [6.45, 7) is 6.61. The van der Waals surface area contributed by atoms with Crippen LogP contribution in [0.1, 0.15) is 58.1 Å². The third-order valence-electron chi connectivity index (χ3n) is 3.25. The molecule has 0 amide bonds. The van der Waals surface area contributed by atoms with Crippen molar-refractivity contribution in [2.75, 3.05) is 0 Å². The monoisotopic (exact) mass is 235 g/mol. The Labute approximate surface area is 105 Å². The quantitative estimate of drug-likeness (QED) is 0.748. The van der Waals surface area contributed by atoms with Gasteiger partial charge in [-0.05, 0) is 37.5 Å². The molecule has 0 spiro atoms. The van der Waals surface area contributed by atoms with E-state index in [1.54, 1.807) is 6.07 Å². The summed E-state index contributed by atoms with van der Waals surface area (Å²) in [7, 11) is 0. The van der Waals surface area contributed by atoms with E-state index in [1.165, 1.54) is 19.3 Å². The number of phenolic OH excluding ortho intramolecular Hbond substituents is 1. The molecular weight excluding hydrogens is 210 g/mol. The summed E-state index contributed by atoms with van der Waals surface area (Å²) in [5, 5.41) is 13.1. The van der Waals surface area contributed by atoms with Gasteiger partial charge in [0.1, 0.15) is 5.75 Å². The summed E-state index contributed by atoms with van der Waals surface area (Å²) in [5.74, 6) is 0.345. The highest BCUT2D eigenvalue weighted by Crippen LogP contribution is 2.19. The molecule has 2 N–H and O–H groups in total. The first-order chi connectivity index (χ1) is 8.17. The number of phenols is 1. The van der Waals surface area contributed by atoms with Crippen molar-refractivity contribution >= 4 is 0 Å². The Morgan fingerprint density at radius 3 is 2.65 bits per heavy atom. The van der Waals surface area contributed by atoms with Crippen LogP contribution in [0.15, 0.2) is 24.3 Å². The first-order valence-corrected chi connectivity index (χ1v) is 6.72. The van der Waals surface area contributed by atoms with Gasteiger partial charge in [0.2, 0.25) is 0 Å². The van der Waals surface area contributed by atoms with Gasteiger partial charge in [-0.25, -0.2) is 0 Å². The zero-order chi connectivity index (χ0) is 12.7. The lowest BCUT2D eigenvalue weighted by atomic mass is 10.0. The maximum Gasteiger partial charge on any atom is 0.115 e. The van der Waals surface area contributed by atoms with Gasteiger partial charge in [-0.3, -0.25) is 0 Å². The van der Waals surface area contributed by atoms with Crippen LogP contribution in [0.4, 0.5) is 0 Å². The third kappa shape index (κ3) is 4.78. The molecule has 0 fully saturated rings. The Bertz CT molecular complexity index is 324. The van der Waals surface area contributed by atoms with E-state index in [2.05, 4.69) is 32.2 Å². The molecule has 0 aliphatic rings. The summed E-state index contributed by atoms with van der Waals surface area (Å²) in [4.78, 5) is 0. The maximum atomic E-state index is 9.47. The van der Waals surface area contributed by atoms with Crippen LogP contribution in [0.5, 0.6) is 5.75 Å². The van der Waals surface area contributed by atoms with Gasteiger partial charge in [-0.15, -0.1) is 0 Å². The van der Waals surface area contributed by atoms with Gasteiger partial charge in [0.25, 0.3) is 0 Å². The molecule has 1 rings (SSSR count). The van der Waals surface area contributed by atoms with Crippen molar-refractivity contribution in [1.29, 1.82) is 0 Å². The van der Waals surface area contributed by atoms with Gasteiger partial charge in [0.05, 0.1) is 0 Å². The Balaban J connectivity index is 2.54. The van der Waals surface area contributed by atoms with Crippen molar-refractivity contribution in [1.82, 2.24) is 5.32 Å². The van der Waals surface area contributed by atoms with Crippen LogP contribution in [0.3, 0.4) is 0 Å². The number of rotatable bonds is 7. The minimum Gasteiger partial charge on any atom is -0.508 e. The van der Waals surface area contributed by atoms with Crippen molar-refractivity contribution in [2.24, 2.45) is 0 Å². The minimum absolute atomic E-state index is 0.295. The normalized spacial score (nSPS) is 14.5. The summed E-state index contributed by atoms with van der Waals surface area (Å²) in [6.07, 6.45) is 4.91. The predicted octanol–water partition coefficient (Wildman–Crippen LogP) is 4.01. The van der Waals surface area contributed by atoms with E-state index in [1.807, 2.05) is 12.1 Å². The molecule has 0 bridgehead atoms. The van der Waals surface area contributed by atoms with E-state index in [0.717, 1.165) is 12.0 Å². The highest BCUT2D eigenvalue weighted by atomic mass is 16.3. The SMILES string of the molecule is CCCCC(CC)NC(C)c1cccc(O)c1. The Morgan fingerprint density at radius 1 is 1.29 bits per heavy atom. The summed E-state index contributed by atoms with van der Waals surface area (Å²) < 4.78 is 0. The topological polar surface area (TPSA) is 32.3 Å². The molecule has 0 aliphatic heterocycles. The molecule has 96 valence electrons. The van der Waals surface area contributed by atoms with E-state index in [4.69, 9.17) is 0 Å². The molecule has 0 saturated carbocycles. The highest BCUT2D eigenvalue weighted by molar-refractivity contribution is 5.29. The Kier molecular flexibility index (Phi) is 6.06. The molecule has 1 aromatic rings. The van der Waals surface area contributed by atoms with Crippen LogP contribution < -0.4 is 5.32 Å². The van der Waals surface area contributed by atoms with Crippen molar-refractivity contribution in [2.45, 2.75) is 58.5 Å². The van der Waals surface area contributed by atoms with Crippen molar-refractivity contribution in [3.8, 4) is 5.75 Å². The van der Waals surface area contributed by atoms with Crippen LogP contribution in [-0.2, 0) is 0 Å². The lowest BCUT2D eigenvalue weighted by molar-refractivity contribution is 0.408. The molecule has 0 heterocycles. The second-order valence-electron chi connectivity index (χ2n) is 4.73. The largest absolute Gasteiger partial charge is 0.508 e. The smallest absolute Gasteiger partial charge is 0.115 e. The summed E-state index contributed by atoms with van der Waals surface area (Å²) >= 11 is 0. The first kappa shape index (κ1) is 14.0. The van der Waals surface area contributed by atoms with Crippen molar-refractivity contribution in [3.05, 3.63) is 29.8 Å². The average Bonchev–Trinajstić information content (AvgIpc) is 2.34. The zero-order valence-electron chi connectivity index (χ0n) is 11.2. The van der Waals surface area contributed by atoms with E-state index in [-0.39, 0.29) is 0 Å².